The number of carbonyl (C=O) groups is 1. The van der Waals surface area contributed by atoms with Crippen LogP contribution in [0.5, 0.6) is 11.5 Å². The number of nitrogens with zero attached hydrogens (tertiary/aromatic N) is 1. The quantitative estimate of drug-likeness (QED) is 0.319. The van der Waals surface area contributed by atoms with Crippen molar-refractivity contribution in [3.05, 3.63) is 56.5 Å². The van der Waals surface area contributed by atoms with Crippen LogP contribution in [0.25, 0.3) is 6.08 Å². The highest BCUT2D eigenvalue weighted by Crippen LogP contribution is 2.43. The van der Waals surface area contributed by atoms with Crippen LogP contribution in [0.2, 0.25) is 0 Å². The molecule has 2 fully saturated rings. The maximum atomic E-state index is 13.6. The molecule has 2 aromatic carbocycles. The molecule has 1 aliphatic heterocycles. The van der Waals surface area contributed by atoms with Gasteiger partial charge in [-0.3, -0.25) is 4.79 Å². The average molecular weight is 564 g/mol. The Balaban J connectivity index is 1.67. The Morgan fingerprint density at radius 2 is 2.00 bits per heavy atom. The minimum Gasteiger partial charge on any atom is -0.504 e. The van der Waals surface area contributed by atoms with Gasteiger partial charge in [0.25, 0.3) is 5.91 Å². The van der Waals surface area contributed by atoms with Gasteiger partial charge in [-0.05, 0) is 84.2 Å². The lowest BCUT2D eigenvalue weighted by Crippen LogP contribution is -2.48. The number of phenolic OH excluding ortho intramolecular Hbond substituents is 1. The number of nitrogens with one attached hydrogen (secondary N) is 1. The Morgan fingerprint density at radius 1 is 1.25 bits per heavy atom. The molecule has 4 rings (SSSR count). The normalized spacial score (nSPS) is 24.7. The first kappa shape index (κ1) is 23.3. The van der Waals surface area contributed by atoms with Crippen LogP contribution < -0.4 is 10.1 Å². The molecule has 32 heavy (non-hydrogen) atoms. The fourth-order valence-corrected chi connectivity index (χ4v) is 6.30. The van der Waals surface area contributed by atoms with E-state index in [4.69, 9.17) is 4.74 Å². The van der Waals surface area contributed by atoms with E-state index in [0.29, 0.717) is 26.7 Å². The van der Waals surface area contributed by atoms with Crippen LogP contribution in [0.1, 0.15) is 45.1 Å². The van der Waals surface area contributed by atoms with Crippen molar-refractivity contribution in [2.45, 2.75) is 51.1 Å². The lowest BCUT2D eigenvalue weighted by Gasteiger charge is -2.39. The third-order valence-electron chi connectivity index (χ3n) is 6.07. The number of carbonyl (C=O) groups excluding carboxylic acids is 1. The van der Waals surface area contributed by atoms with Gasteiger partial charge in [0.05, 0.1) is 15.1 Å². The van der Waals surface area contributed by atoms with Gasteiger partial charge >= 0.3 is 0 Å². The van der Waals surface area contributed by atoms with Gasteiger partial charge in [0.1, 0.15) is 0 Å². The fourth-order valence-electron chi connectivity index (χ4n) is 4.46. The van der Waals surface area contributed by atoms with Crippen molar-refractivity contribution >= 4 is 52.0 Å². The second-order valence-corrected chi connectivity index (χ2v) is 10.6. The van der Waals surface area contributed by atoms with E-state index in [-0.39, 0.29) is 23.2 Å². The van der Waals surface area contributed by atoms with Crippen LogP contribution in [0.4, 0.5) is 5.69 Å². The Hall–Kier alpha value is -1.87. The highest BCUT2D eigenvalue weighted by atomic mass is 127. The fraction of sp³-hybridized carbons (Fsp3) is 0.400. The zero-order valence-corrected chi connectivity index (χ0v) is 21.4. The van der Waals surface area contributed by atoms with Gasteiger partial charge in [-0.1, -0.05) is 49.7 Å². The first-order chi connectivity index (χ1) is 15.5. The Bertz CT molecular complexity index is 998. The van der Waals surface area contributed by atoms with Crippen molar-refractivity contribution in [3.63, 3.8) is 0 Å². The van der Waals surface area contributed by atoms with Gasteiger partial charge in [0.2, 0.25) is 0 Å². The molecule has 7 heteroatoms. The molecule has 0 radical (unpaired) electrons. The van der Waals surface area contributed by atoms with Crippen LogP contribution in [0.15, 0.2) is 47.4 Å². The Kier molecular flexibility index (Phi) is 7.55. The summed E-state index contributed by atoms with van der Waals surface area (Å²) >= 11 is 3.66. The number of para-hydroxylation sites is 1. The van der Waals surface area contributed by atoms with Crippen LogP contribution >= 0.6 is 34.4 Å². The summed E-state index contributed by atoms with van der Waals surface area (Å²) < 4.78 is 6.28. The van der Waals surface area contributed by atoms with Gasteiger partial charge in [0, 0.05) is 11.7 Å². The van der Waals surface area contributed by atoms with Gasteiger partial charge in [-0.25, -0.2) is 0 Å². The molecular weight excluding hydrogens is 535 g/mol. The molecule has 1 saturated heterocycles. The summed E-state index contributed by atoms with van der Waals surface area (Å²) in [5.74, 6) is 1.13. The summed E-state index contributed by atoms with van der Waals surface area (Å²) in [7, 11) is 0. The highest BCUT2D eigenvalue weighted by molar-refractivity contribution is 14.1. The summed E-state index contributed by atoms with van der Waals surface area (Å²) in [6.07, 6.45) is 6.51. The van der Waals surface area contributed by atoms with Crippen molar-refractivity contribution in [1.29, 1.82) is 0 Å². The molecule has 0 bridgehead atoms. The molecule has 2 aliphatic rings. The second-order valence-electron chi connectivity index (χ2n) is 8.31. The number of hydrogen-bond acceptors (Lipinski definition) is 5. The third-order valence-corrected chi connectivity index (χ3v) is 8.01. The number of hydrogen-bond donors (Lipinski definition) is 2. The molecular formula is C25H29IN2O3S. The number of rotatable bonds is 6. The van der Waals surface area contributed by atoms with E-state index in [1.807, 2.05) is 49.4 Å². The summed E-state index contributed by atoms with van der Waals surface area (Å²) in [4.78, 5) is 16.4. The number of amides is 1. The topological polar surface area (TPSA) is 61.8 Å². The third kappa shape index (κ3) is 5.03. The predicted molar refractivity (Wildman–Crippen MR) is 140 cm³/mol. The molecule has 5 nitrogen and oxygen atoms in total. The van der Waals surface area contributed by atoms with Gasteiger partial charge in [-0.2, -0.15) is 0 Å². The van der Waals surface area contributed by atoms with E-state index in [0.717, 1.165) is 30.5 Å². The van der Waals surface area contributed by atoms with Crippen molar-refractivity contribution in [1.82, 2.24) is 4.90 Å². The smallest absolute Gasteiger partial charge is 0.262 e. The molecule has 1 unspecified atom stereocenters. The summed E-state index contributed by atoms with van der Waals surface area (Å²) in [6.45, 7) is 4.62. The number of ether oxygens (including phenoxy) is 1. The number of thioether (sulfide) groups is 1. The van der Waals surface area contributed by atoms with Crippen LogP contribution in [0.3, 0.4) is 0 Å². The van der Waals surface area contributed by atoms with E-state index in [9.17, 15) is 9.90 Å². The lowest BCUT2D eigenvalue weighted by atomic mass is 9.85. The maximum Gasteiger partial charge on any atom is 0.262 e. The molecule has 2 N–H and O–H groups in total. The van der Waals surface area contributed by atoms with Crippen LogP contribution in [-0.4, -0.2) is 34.1 Å². The van der Waals surface area contributed by atoms with Crippen LogP contribution in [-0.2, 0) is 4.79 Å². The Labute approximate surface area is 207 Å². The van der Waals surface area contributed by atoms with Gasteiger partial charge in [0.15, 0.2) is 17.0 Å². The van der Waals surface area contributed by atoms with E-state index >= 15 is 0 Å². The highest BCUT2D eigenvalue weighted by Gasteiger charge is 2.42. The number of phenols is 1. The maximum absolute atomic E-state index is 13.6. The molecule has 3 atom stereocenters. The zero-order valence-electron chi connectivity index (χ0n) is 18.4. The number of benzene rings is 2. The Morgan fingerprint density at radius 3 is 2.72 bits per heavy atom. The van der Waals surface area contributed by atoms with Crippen molar-refractivity contribution < 1.29 is 14.6 Å². The van der Waals surface area contributed by atoms with Gasteiger partial charge in [-0.15, -0.1) is 0 Å². The molecule has 1 aliphatic carbocycles. The second kappa shape index (κ2) is 10.4. The standard InChI is InChI=1S/C25H29IN2O3S/c1-3-31-21-14-17(13-19(26)23(21)29)15-22-24(30)28(20-12-8-7-9-16(20)2)25(32-22)27-18-10-5-4-6-11-18/h4-6,10-11,13-16,20,25,27,29H,3,7-9,12H2,1-2H3/b22-15-/t16-,20+,25?/m1/s1. The summed E-state index contributed by atoms with van der Waals surface area (Å²) in [5, 5.41) is 13.8. The minimum absolute atomic E-state index is 0.0724. The van der Waals surface area contributed by atoms with E-state index in [1.54, 1.807) is 17.8 Å². The first-order valence-corrected chi connectivity index (χ1v) is 13.1. The monoisotopic (exact) mass is 564 g/mol. The molecule has 170 valence electrons. The number of aromatic hydroxyl groups is 1. The molecule has 1 amide bonds. The summed E-state index contributed by atoms with van der Waals surface area (Å²) in [6, 6.07) is 14.0. The minimum atomic E-state index is -0.149. The van der Waals surface area contributed by atoms with Crippen molar-refractivity contribution in [2.75, 3.05) is 11.9 Å². The predicted octanol–water partition coefficient (Wildman–Crippen LogP) is 6.29. The number of halogens is 1. The molecule has 2 aromatic rings. The van der Waals surface area contributed by atoms with E-state index in [2.05, 4.69) is 39.7 Å². The first-order valence-electron chi connectivity index (χ1n) is 11.2. The summed E-state index contributed by atoms with van der Waals surface area (Å²) in [5.41, 5.74) is 1.71. The lowest BCUT2D eigenvalue weighted by molar-refractivity contribution is -0.129. The molecule has 1 saturated carbocycles. The van der Waals surface area contributed by atoms with Gasteiger partial charge < -0.3 is 20.1 Å². The zero-order chi connectivity index (χ0) is 22.7. The van der Waals surface area contributed by atoms with Crippen LogP contribution in [0, 0.1) is 9.49 Å². The van der Waals surface area contributed by atoms with E-state index in [1.165, 1.54) is 6.42 Å². The molecule has 0 aromatic heterocycles. The largest absolute Gasteiger partial charge is 0.504 e. The van der Waals surface area contributed by atoms with Crippen molar-refractivity contribution in [2.24, 2.45) is 5.92 Å². The molecule has 1 heterocycles. The van der Waals surface area contributed by atoms with Crippen molar-refractivity contribution in [3.8, 4) is 11.5 Å². The average Bonchev–Trinajstić information content (AvgIpc) is 3.07. The van der Waals surface area contributed by atoms with E-state index < -0.39 is 0 Å². The number of anilines is 1. The SMILES string of the molecule is CCOc1cc(/C=C2\SC(Nc3ccccc3)N([C@H]3CCCC[C@H]3C)C2=O)cc(I)c1O. The molecule has 0 spiro atoms.